The highest BCUT2D eigenvalue weighted by molar-refractivity contribution is 7.92. The fraction of sp³-hybridized carbons (Fsp3) is 0.125. The number of ether oxygens (including phenoxy) is 1. The normalized spacial score (nSPS) is 11.3. The van der Waals surface area contributed by atoms with Gasteiger partial charge in [-0.3, -0.25) is 13.9 Å². The van der Waals surface area contributed by atoms with Crippen molar-refractivity contribution in [2.24, 2.45) is 5.73 Å². The fourth-order valence-corrected chi connectivity index (χ4v) is 5.87. The highest BCUT2D eigenvalue weighted by Gasteiger charge is 2.27. The Morgan fingerprint density at radius 2 is 1.67 bits per heavy atom. The van der Waals surface area contributed by atoms with E-state index in [0.717, 1.165) is 6.26 Å². The molecular formula is C32H28FN3O6S. The van der Waals surface area contributed by atoms with Gasteiger partial charge >= 0.3 is 0 Å². The quantitative estimate of drug-likeness (QED) is 0.215. The molecule has 0 saturated heterocycles. The molecule has 0 radical (unpaired) electrons. The van der Waals surface area contributed by atoms with Gasteiger partial charge in [-0.1, -0.05) is 18.2 Å². The van der Waals surface area contributed by atoms with Crippen molar-refractivity contribution in [3.05, 3.63) is 102 Å². The molecule has 1 aromatic heterocycles. The molecule has 11 heteroatoms. The summed E-state index contributed by atoms with van der Waals surface area (Å²) in [7, 11) is -2.23. The van der Waals surface area contributed by atoms with E-state index < -0.39 is 27.7 Å². The maximum atomic E-state index is 13.6. The third-order valence-electron chi connectivity index (χ3n) is 6.82. The first-order valence-corrected chi connectivity index (χ1v) is 15.1. The van der Waals surface area contributed by atoms with E-state index in [4.69, 9.17) is 14.9 Å². The Morgan fingerprint density at radius 1 is 0.953 bits per heavy atom. The van der Waals surface area contributed by atoms with Gasteiger partial charge in [0.2, 0.25) is 15.9 Å². The summed E-state index contributed by atoms with van der Waals surface area (Å²) in [6, 6.07) is 22.2. The maximum Gasteiger partial charge on any atom is 0.255 e. The minimum Gasteiger partial charge on any atom is -0.457 e. The van der Waals surface area contributed by atoms with Gasteiger partial charge in [-0.15, -0.1) is 0 Å². The number of furan rings is 1. The molecule has 0 fully saturated rings. The van der Waals surface area contributed by atoms with E-state index in [1.807, 2.05) is 0 Å². The number of carbonyl (C=O) groups excluding carboxylic acids is 2. The summed E-state index contributed by atoms with van der Waals surface area (Å²) in [4.78, 5) is 25.2. The smallest absolute Gasteiger partial charge is 0.255 e. The van der Waals surface area contributed by atoms with Crippen LogP contribution >= 0.6 is 0 Å². The van der Waals surface area contributed by atoms with E-state index in [0.29, 0.717) is 39.3 Å². The molecule has 4 aromatic carbocycles. The molecule has 0 spiro atoms. The molecule has 2 amide bonds. The Labute approximate surface area is 247 Å². The zero-order valence-electron chi connectivity index (χ0n) is 23.6. The molecule has 220 valence electrons. The molecule has 5 rings (SSSR count). The summed E-state index contributed by atoms with van der Waals surface area (Å²) in [6.07, 6.45) is 1.10. The molecule has 0 bridgehead atoms. The van der Waals surface area contributed by atoms with Crippen LogP contribution in [-0.2, 0) is 10.0 Å². The number of fused-ring (bicyclic) bond motifs is 1. The number of hydrogen-bond acceptors (Lipinski definition) is 6. The molecule has 43 heavy (non-hydrogen) atoms. The molecule has 0 atom stereocenters. The zero-order chi connectivity index (χ0) is 30.9. The number of halogens is 1. The number of primary amides is 1. The number of benzene rings is 4. The summed E-state index contributed by atoms with van der Waals surface area (Å²) in [6.45, 7) is 1.82. The van der Waals surface area contributed by atoms with Gasteiger partial charge in [-0.05, 0) is 67.1 Å². The average molecular weight is 602 g/mol. The average Bonchev–Trinajstić information content (AvgIpc) is 3.35. The van der Waals surface area contributed by atoms with Crippen molar-refractivity contribution in [2.45, 2.75) is 6.92 Å². The van der Waals surface area contributed by atoms with Crippen LogP contribution in [0.2, 0.25) is 0 Å². The van der Waals surface area contributed by atoms with Gasteiger partial charge in [0, 0.05) is 47.8 Å². The number of nitrogens with zero attached hydrogens (tertiary/aromatic N) is 1. The molecule has 1 heterocycles. The van der Waals surface area contributed by atoms with E-state index in [1.54, 1.807) is 79.7 Å². The van der Waals surface area contributed by atoms with Crippen LogP contribution in [0.25, 0.3) is 33.4 Å². The lowest BCUT2D eigenvalue weighted by molar-refractivity contribution is 0.0963. The highest BCUT2D eigenvalue weighted by Crippen LogP contribution is 2.42. The first-order chi connectivity index (χ1) is 20.5. The summed E-state index contributed by atoms with van der Waals surface area (Å²) in [5.74, 6) is -0.463. The second-order valence-electron chi connectivity index (χ2n) is 9.71. The van der Waals surface area contributed by atoms with E-state index in [-0.39, 0.29) is 29.0 Å². The molecule has 3 N–H and O–H groups in total. The fourth-order valence-electron chi connectivity index (χ4n) is 4.89. The number of nitrogens with one attached hydrogen (secondary N) is 1. The van der Waals surface area contributed by atoms with Gasteiger partial charge in [-0.25, -0.2) is 12.8 Å². The second-order valence-corrected chi connectivity index (χ2v) is 11.6. The molecule has 0 aliphatic heterocycles. The SMILES string of the molecule is CCN(c1cc2oc(-c3ccc(Oc4cccc(F)c4)cc3)c(C(=O)NC)c2cc1-c1cccc(C(N)=O)c1)S(C)(=O)=O. The Kier molecular flexibility index (Phi) is 7.92. The minimum absolute atomic E-state index is 0.121. The molecule has 9 nitrogen and oxygen atoms in total. The number of carbonyl (C=O) groups is 2. The Morgan fingerprint density at radius 3 is 2.30 bits per heavy atom. The van der Waals surface area contributed by atoms with Crippen LogP contribution in [0.15, 0.2) is 89.3 Å². The lowest BCUT2D eigenvalue weighted by Gasteiger charge is -2.24. The number of rotatable bonds is 9. The van der Waals surface area contributed by atoms with Crippen molar-refractivity contribution in [1.82, 2.24) is 5.32 Å². The molecular weight excluding hydrogens is 573 g/mol. The Bertz CT molecular complexity index is 1970. The van der Waals surface area contributed by atoms with Crippen molar-refractivity contribution in [2.75, 3.05) is 24.2 Å². The van der Waals surface area contributed by atoms with Crippen LogP contribution in [-0.4, -0.2) is 40.1 Å². The highest BCUT2D eigenvalue weighted by atomic mass is 32.2. The number of nitrogens with two attached hydrogens (primary N) is 1. The van der Waals surface area contributed by atoms with Crippen LogP contribution in [0.1, 0.15) is 27.6 Å². The summed E-state index contributed by atoms with van der Waals surface area (Å²) in [5.41, 5.74) is 8.11. The van der Waals surface area contributed by atoms with Crippen LogP contribution in [0.4, 0.5) is 10.1 Å². The predicted octanol–water partition coefficient (Wildman–Crippen LogP) is 5.94. The van der Waals surface area contributed by atoms with Gasteiger partial charge in [0.15, 0.2) is 0 Å². The zero-order valence-corrected chi connectivity index (χ0v) is 24.4. The minimum atomic E-state index is -3.72. The predicted molar refractivity (Wildman–Crippen MR) is 163 cm³/mol. The lowest BCUT2D eigenvalue weighted by atomic mass is 9.97. The molecule has 0 unspecified atom stereocenters. The van der Waals surface area contributed by atoms with Gasteiger partial charge in [0.1, 0.15) is 28.7 Å². The number of hydrogen-bond donors (Lipinski definition) is 2. The van der Waals surface area contributed by atoms with Crippen molar-refractivity contribution in [3.63, 3.8) is 0 Å². The molecule has 0 saturated carbocycles. The van der Waals surface area contributed by atoms with E-state index in [2.05, 4.69) is 5.32 Å². The van der Waals surface area contributed by atoms with Crippen LogP contribution in [0.3, 0.4) is 0 Å². The van der Waals surface area contributed by atoms with Crippen molar-refractivity contribution >= 4 is 38.5 Å². The monoisotopic (exact) mass is 601 g/mol. The summed E-state index contributed by atoms with van der Waals surface area (Å²) in [5, 5.41) is 3.08. The first-order valence-electron chi connectivity index (χ1n) is 13.2. The third kappa shape index (κ3) is 5.93. The van der Waals surface area contributed by atoms with Crippen LogP contribution in [0.5, 0.6) is 11.5 Å². The molecule has 0 aliphatic carbocycles. The second kappa shape index (κ2) is 11.6. The van der Waals surface area contributed by atoms with Gasteiger partial charge in [-0.2, -0.15) is 0 Å². The largest absolute Gasteiger partial charge is 0.457 e. The van der Waals surface area contributed by atoms with Crippen molar-refractivity contribution in [1.29, 1.82) is 0 Å². The number of sulfonamides is 1. The maximum absolute atomic E-state index is 13.6. The topological polar surface area (TPSA) is 132 Å². The lowest BCUT2D eigenvalue weighted by Crippen LogP contribution is -2.30. The molecule has 5 aromatic rings. The Hall–Kier alpha value is -5.16. The first kappa shape index (κ1) is 29.3. The van der Waals surface area contributed by atoms with E-state index in [1.165, 1.54) is 23.5 Å². The van der Waals surface area contributed by atoms with E-state index >= 15 is 0 Å². The van der Waals surface area contributed by atoms with Gasteiger partial charge in [0.05, 0.1) is 17.5 Å². The van der Waals surface area contributed by atoms with Crippen molar-refractivity contribution < 1.29 is 31.6 Å². The molecule has 0 aliphatic rings. The van der Waals surface area contributed by atoms with E-state index in [9.17, 15) is 22.4 Å². The van der Waals surface area contributed by atoms with Crippen LogP contribution < -0.4 is 20.1 Å². The Balaban J connectivity index is 1.70. The standard InChI is InChI=1S/C32H28FN3O6S/c1-4-36(43(3,39)40)27-18-28-26(17-25(27)20-7-5-8-21(15-20)31(34)37)29(32(38)35-2)30(42-28)19-11-13-23(14-12-19)41-24-10-6-9-22(33)16-24/h5-18H,4H2,1-3H3,(H2,34,37)(H,35,38). The van der Waals surface area contributed by atoms with Crippen molar-refractivity contribution in [3.8, 4) is 33.9 Å². The summed E-state index contributed by atoms with van der Waals surface area (Å²) < 4.78 is 52.4. The number of amides is 2. The van der Waals surface area contributed by atoms with Gasteiger partial charge < -0.3 is 20.2 Å². The third-order valence-corrected chi connectivity index (χ3v) is 8.08. The number of anilines is 1. The van der Waals surface area contributed by atoms with Gasteiger partial charge in [0.25, 0.3) is 5.91 Å². The summed E-state index contributed by atoms with van der Waals surface area (Å²) >= 11 is 0. The van der Waals surface area contributed by atoms with Crippen LogP contribution in [0, 0.1) is 5.82 Å².